The minimum absolute atomic E-state index is 0.0787. The Morgan fingerprint density at radius 3 is 2.64 bits per heavy atom. The molecule has 0 aliphatic heterocycles. The van der Waals surface area contributed by atoms with E-state index in [-0.39, 0.29) is 6.29 Å². The summed E-state index contributed by atoms with van der Waals surface area (Å²) in [7, 11) is 1.65. The maximum absolute atomic E-state index is 5.26. The van der Waals surface area contributed by atoms with Crippen molar-refractivity contribution in [2.24, 2.45) is 0 Å². The summed E-state index contributed by atoms with van der Waals surface area (Å²) < 4.78 is 10.2. The Balaban J connectivity index is 3.07. The topological polar surface area (TPSA) is 18.5 Å². The summed E-state index contributed by atoms with van der Waals surface area (Å²) in [6.45, 7) is 4.75. The molecule has 0 aromatic rings. The molecule has 1 atom stereocenters. The van der Waals surface area contributed by atoms with Crippen molar-refractivity contribution in [1.29, 1.82) is 0 Å². The van der Waals surface area contributed by atoms with Gasteiger partial charge < -0.3 is 9.47 Å². The highest BCUT2D eigenvalue weighted by Gasteiger charge is 1.94. The van der Waals surface area contributed by atoms with Gasteiger partial charge in [0.2, 0.25) is 0 Å². The molecule has 2 heteroatoms. The zero-order chi connectivity index (χ0) is 8.53. The van der Waals surface area contributed by atoms with Gasteiger partial charge in [0, 0.05) is 7.11 Å². The summed E-state index contributed by atoms with van der Waals surface area (Å²) in [6, 6.07) is 0. The smallest absolute Gasteiger partial charge is 0.154 e. The predicted octanol–water partition coefficient (Wildman–Crippen LogP) is 2.35. The Hall–Kier alpha value is -0.340. The van der Waals surface area contributed by atoms with Crippen molar-refractivity contribution in [1.82, 2.24) is 0 Å². The predicted molar refractivity (Wildman–Crippen MR) is 46.5 cm³/mol. The van der Waals surface area contributed by atoms with Crippen LogP contribution in [0.15, 0.2) is 12.2 Å². The monoisotopic (exact) mass is 158 g/mol. The average molecular weight is 158 g/mol. The van der Waals surface area contributed by atoms with E-state index in [9.17, 15) is 0 Å². The molecular formula is C9H18O2. The number of hydrogen-bond donors (Lipinski definition) is 0. The van der Waals surface area contributed by atoms with Crippen molar-refractivity contribution < 1.29 is 9.47 Å². The van der Waals surface area contributed by atoms with Crippen molar-refractivity contribution in [3.8, 4) is 0 Å². The van der Waals surface area contributed by atoms with Gasteiger partial charge in [-0.1, -0.05) is 19.1 Å². The van der Waals surface area contributed by atoms with Crippen LogP contribution in [0.1, 0.15) is 26.7 Å². The molecule has 0 spiro atoms. The van der Waals surface area contributed by atoms with Crippen LogP contribution >= 0.6 is 0 Å². The first-order chi connectivity index (χ1) is 5.31. The van der Waals surface area contributed by atoms with Gasteiger partial charge in [-0.05, 0) is 19.8 Å². The van der Waals surface area contributed by atoms with Gasteiger partial charge in [0.05, 0.1) is 6.61 Å². The minimum Gasteiger partial charge on any atom is -0.356 e. The van der Waals surface area contributed by atoms with Crippen LogP contribution < -0.4 is 0 Å². The zero-order valence-electron chi connectivity index (χ0n) is 7.67. The molecule has 66 valence electrons. The number of allylic oxidation sites excluding steroid dienone is 1. The summed E-state index contributed by atoms with van der Waals surface area (Å²) in [6.07, 6.45) is 6.26. The van der Waals surface area contributed by atoms with Gasteiger partial charge in [-0.25, -0.2) is 0 Å². The van der Waals surface area contributed by atoms with Crippen LogP contribution in [0.4, 0.5) is 0 Å². The van der Waals surface area contributed by atoms with Crippen LogP contribution in [0.5, 0.6) is 0 Å². The largest absolute Gasteiger partial charge is 0.356 e. The van der Waals surface area contributed by atoms with Gasteiger partial charge in [-0.3, -0.25) is 0 Å². The Kier molecular flexibility index (Phi) is 7.52. The molecule has 0 saturated heterocycles. The van der Waals surface area contributed by atoms with E-state index in [1.165, 1.54) is 0 Å². The van der Waals surface area contributed by atoms with Crippen LogP contribution in [0, 0.1) is 0 Å². The Morgan fingerprint density at radius 2 is 2.09 bits per heavy atom. The van der Waals surface area contributed by atoms with E-state index in [4.69, 9.17) is 9.47 Å². The molecule has 0 bridgehead atoms. The van der Waals surface area contributed by atoms with Gasteiger partial charge in [-0.15, -0.1) is 0 Å². The first kappa shape index (κ1) is 10.7. The molecule has 0 radical (unpaired) electrons. The molecule has 0 rings (SSSR count). The Labute approximate surface area is 69.2 Å². The molecular weight excluding hydrogens is 140 g/mol. The molecule has 11 heavy (non-hydrogen) atoms. The summed E-state index contributed by atoms with van der Waals surface area (Å²) >= 11 is 0. The summed E-state index contributed by atoms with van der Waals surface area (Å²) in [5, 5.41) is 0. The summed E-state index contributed by atoms with van der Waals surface area (Å²) in [5.41, 5.74) is 0. The van der Waals surface area contributed by atoms with E-state index in [0.717, 1.165) is 19.4 Å². The number of ether oxygens (including phenoxy) is 2. The molecule has 0 fully saturated rings. The van der Waals surface area contributed by atoms with Gasteiger partial charge >= 0.3 is 0 Å². The third-order valence-corrected chi connectivity index (χ3v) is 1.37. The maximum atomic E-state index is 5.26. The van der Waals surface area contributed by atoms with E-state index in [0.29, 0.717) is 0 Å². The average Bonchev–Trinajstić information content (AvgIpc) is 2.04. The van der Waals surface area contributed by atoms with Crippen molar-refractivity contribution in [2.45, 2.75) is 33.0 Å². The molecule has 1 unspecified atom stereocenters. The first-order valence-electron chi connectivity index (χ1n) is 4.10. The molecule has 0 aromatic heterocycles. The van der Waals surface area contributed by atoms with Crippen molar-refractivity contribution in [3.63, 3.8) is 0 Å². The molecule has 0 aliphatic rings. The van der Waals surface area contributed by atoms with E-state index >= 15 is 0 Å². The fraction of sp³-hybridized carbons (Fsp3) is 0.778. The quantitative estimate of drug-likeness (QED) is 0.335. The van der Waals surface area contributed by atoms with Gasteiger partial charge in [0.15, 0.2) is 6.29 Å². The third kappa shape index (κ3) is 7.56. The Bertz CT molecular complexity index is 99.7. The number of rotatable bonds is 6. The van der Waals surface area contributed by atoms with Crippen LogP contribution in [-0.2, 0) is 9.47 Å². The van der Waals surface area contributed by atoms with E-state index in [1.54, 1.807) is 7.11 Å². The van der Waals surface area contributed by atoms with Crippen LogP contribution in [-0.4, -0.2) is 20.0 Å². The van der Waals surface area contributed by atoms with Crippen molar-refractivity contribution in [2.75, 3.05) is 13.7 Å². The lowest BCUT2D eigenvalue weighted by Crippen LogP contribution is -2.10. The number of methoxy groups -OCH3 is 1. The molecule has 0 heterocycles. The lowest BCUT2D eigenvalue weighted by Gasteiger charge is -2.08. The third-order valence-electron chi connectivity index (χ3n) is 1.37. The standard InChI is InChI=1S/C9H18O2/c1-4-5-6-7-8-11-9(2)10-3/h5-6,9H,4,7-8H2,1-3H3/b6-5-. The van der Waals surface area contributed by atoms with Crippen molar-refractivity contribution in [3.05, 3.63) is 12.2 Å². The minimum atomic E-state index is -0.0787. The normalized spacial score (nSPS) is 14.1. The highest BCUT2D eigenvalue weighted by Crippen LogP contribution is 1.93. The van der Waals surface area contributed by atoms with Crippen LogP contribution in [0.25, 0.3) is 0 Å². The zero-order valence-corrected chi connectivity index (χ0v) is 7.67. The number of hydrogen-bond acceptors (Lipinski definition) is 2. The fourth-order valence-electron chi connectivity index (χ4n) is 0.655. The SMILES string of the molecule is CC/C=C\CCOC(C)OC. The molecule has 0 N–H and O–H groups in total. The van der Waals surface area contributed by atoms with E-state index in [1.807, 2.05) is 6.92 Å². The van der Waals surface area contributed by atoms with Gasteiger partial charge in [0.1, 0.15) is 0 Å². The fourth-order valence-corrected chi connectivity index (χ4v) is 0.655. The second kappa shape index (κ2) is 7.76. The lowest BCUT2D eigenvalue weighted by atomic mass is 10.3. The second-order valence-corrected chi connectivity index (χ2v) is 2.34. The Morgan fingerprint density at radius 1 is 1.36 bits per heavy atom. The lowest BCUT2D eigenvalue weighted by molar-refractivity contribution is -0.109. The first-order valence-corrected chi connectivity index (χ1v) is 4.10. The highest BCUT2D eigenvalue weighted by molar-refractivity contribution is 4.79. The van der Waals surface area contributed by atoms with E-state index in [2.05, 4.69) is 19.1 Å². The second-order valence-electron chi connectivity index (χ2n) is 2.34. The highest BCUT2D eigenvalue weighted by atomic mass is 16.7. The molecule has 2 nitrogen and oxygen atoms in total. The molecule has 0 aromatic carbocycles. The van der Waals surface area contributed by atoms with Gasteiger partial charge in [-0.2, -0.15) is 0 Å². The van der Waals surface area contributed by atoms with E-state index < -0.39 is 0 Å². The van der Waals surface area contributed by atoms with Crippen molar-refractivity contribution >= 4 is 0 Å². The van der Waals surface area contributed by atoms with Crippen LogP contribution in [0.3, 0.4) is 0 Å². The maximum Gasteiger partial charge on any atom is 0.154 e. The molecule has 0 saturated carbocycles. The summed E-state index contributed by atoms with van der Waals surface area (Å²) in [5.74, 6) is 0. The molecule has 0 aliphatic carbocycles. The summed E-state index contributed by atoms with van der Waals surface area (Å²) in [4.78, 5) is 0. The van der Waals surface area contributed by atoms with Crippen LogP contribution in [0.2, 0.25) is 0 Å². The van der Waals surface area contributed by atoms with Gasteiger partial charge in [0.25, 0.3) is 0 Å². The molecule has 0 amide bonds.